The molecule has 3 aromatic carbocycles. The predicted octanol–water partition coefficient (Wildman–Crippen LogP) is 5.87. The molecule has 0 radical (unpaired) electrons. The zero-order chi connectivity index (χ0) is 13.6. The summed E-state index contributed by atoms with van der Waals surface area (Å²) in [5.41, 5.74) is 0.626. The van der Waals surface area contributed by atoms with Gasteiger partial charge in [-0.1, -0.05) is 35.3 Å². The smallest absolute Gasteiger partial charge is 0.151 e. The fourth-order valence-corrected chi connectivity index (χ4v) is 3.28. The predicted molar refractivity (Wildman–Crippen MR) is 84.6 cm³/mol. The number of aldehydes is 1. The maximum Gasteiger partial charge on any atom is 0.151 e. The molecule has 1 nitrogen and oxygen atoms in total. The third kappa shape index (κ3) is 2.04. The highest BCUT2D eigenvalue weighted by Crippen LogP contribution is 2.37. The van der Waals surface area contributed by atoms with Crippen molar-refractivity contribution in [1.82, 2.24) is 0 Å². The Morgan fingerprint density at radius 3 is 1.95 bits per heavy atom. The molecule has 19 heavy (non-hydrogen) atoms. The summed E-state index contributed by atoms with van der Waals surface area (Å²) in [5, 5.41) is 4.99. The van der Waals surface area contributed by atoms with E-state index in [-0.39, 0.29) is 0 Å². The largest absolute Gasteiger partial charge is 0.298 e. The maximum absolute atomic E-state index is 11.3. The van der Waals surface area contributed by atoms with Gasteiger partial charge in [-0.05, 0) is 61.7 Å². The van der Waals surface area contributed by atoms with Crippen LogP contribution < -0.4 is 0 Å². The molecule has 0 N–H and O–H groups in total. The van der Waals surface area contributed by atoms with Crippen LogP contribution in [0.3, 0.4) is 0 Å². The molecular formula is C15H7BrCl2O. The van der Waals surface area contributed by atoms with Crippen LogP contribution in [0.5, 0.6) is 0 Å². The Hall–Kier alpha value is -1.09. The zero-order valence-electron chi connectivity index (χ0n) is 9.58. The van der Waals surface area contributed by atoms with Crippen LogP contribution in [-0.4, -0.2) is 6.29 Å². The number of hydrogen-bond donors (Lipinski definition) is 0. The Kier molecular flexibility index (Phi) is 3.25. The van der Waals surface area contributed by atoms with Gasteiger partial charge in [0.15, 0.2) is 6.29 Å². The molecule has 0 atom stereocenters. The van der Waals surface area contributed by atoms with Gasteiger partial charge in [-0.3, -0.25) is 4.79 Å². The Morgan fingerprint density at radius 1 is 0.842 bits per heavy atom. The van der Waals surface area contributed by atoms with Crippen LogP contribution in [0.4, 0.5) is 0 Å². The first kappa shape index (κ1) is 12.9. The molecule has 0 heterocycles. The molecule has 0 aliphatic heterocycles. The van der Waals surface area contributed by atoms with Crippen molar-refractivity contribution < 1.29 is 4.79 Å². The molecule has 0 fully saturated rings. The summed E-state index contributed by atoms with van der Waals surface area (Å²) in [4.78, 5) is 11.3. The second-order valence-corrected chi connectivity index (χ2v) is 5.89. The number of fused-ring (bicyclic) bond motifs is 3. The van der Waals surface area contributed by atoms with Crippen LogP contribution >= 0.6 is 39.1 Å². The van der Waals surface area contributed by atoms with E-state index in [0.29, 0.717) is 15.6 Å². The second kappa shape index (κ2) is 4.78. The third-order valence-corrected chi connectivity index (χ3v) is 4.46. The van der Waals surface area contributed by atoms with E-state index in [0.717, 1.165) is 32.3 Å². The van der Waals surface area contributed by atoms with Crippen molar-refractivity contribution in [3.8, 4) is 0 Å². The Labute approximate surface area is 128 Å². The fourth-order valence-electron chi connectivity index (χ4n) is 2.28. The van der Waals surface area contributed by atoms with Crippen molar-refractivity contribution in [2.45, 2.75) is 0 Å². The molecule has 0 spiro atoms. The lowest BCUT2D eigenvalue weighted by molar-refractivity contribution is 0.112. The second-order valence-electron chi connectivity index (χ2n) is 4.23. The molecule has 94 valence electrons. The Morgan fingerprint density at radius 2 is 1.37 bits per heavy atom. The van der Waals surface area contributed by atoms with E-state index >= 15 is 0 Å². The van der Waals surface area contributed by atoms with Gasteiger partial charge in [0.1, 0.15) is 0 Å². The number of carbonyl (C=O) groups is 1. The quantitative estimate of drug-likeness (QED) is 0.394. The molecule has 0 aliphatic carbocycles. The van der Waals surface area contributed by atoms with Crippen molar-refractivity contribution in [3.63, 3.8) is 0 Å². The summed E-state index contributed by atoms with van der Waals surface area (Å²) < 4.78 is 0.781. The summed E-state index contributed by atoms with van der Waals surface area (Å²) >= 11 is 15.6. The van der Waals surface area contributed by atoms with Crippen LogP contribution in [0.2, 0.25) is 10.0 Å². The maximum atomic E-state index is 11.3. The highest BCUT2D eigenvalue weighted by atomic mass is 79.9. The van der Waals surface area contributed by atoms with E-state index in [4.69, 9.17) is 23.2 Å². The summed E-state index contributed by atoms with van der Waals surface area (Å²) in [6.45, 7) is 0. The van der Waals surface area contributed by atoms with Crippen molar-refractivity contribution in [1.29, 1.82) is 0 Å². The lowest BCUT2D eigenvalue weighted by atomic mass is 9.98. The van der Waals surface area contributed by atoms with Gasteiger partial charge in [-0.25, -0.2) is 0 Å². The molecule has 0 unspecified atom stereocenters. The van der Waals surface area contributed by atoms with Crippen LogP contribution in [-0.2, 0) is 0 Å². The highest BCUT2D eigenvalue weighted by Gasteiger charge is 2.12. The van der Waals surface area contributed by atoms with Gasteiger partial charge in [-0.2, -0.15) is 0 Å². The first-order valence-corrected chi connectivity index (χ1v) is 7.12. The van der Waals surface area contributed by atoms with Gasteiger partial charge in [-0.15, -0.1) is 0 Å². The molecule has 0 amide bonds. The number of rotatable bonds is 1. The van der Waals surface area contributed by atoms with E-state index in [9.17, 15) is 4.79 Å². The van der Waals surface area contributed by atoms with Crippen LogP contribution in [0.25, 0.3) is 21.5 Å². The fraction of sp³-hybridized carbons (Fsp3) is 0. The topological polar surface area (TPSA) is 17.1 Å². The standard InChI is InChI=1S/C15H7BrCl2O/c16-15-11-4-2-9(18)6-13(11)12-5-8(17)1-3-10(12)14(15)7-19/h1-7H. The average Bonchev–Trinajstić information content (AvgIpc) is 2.40. The third-order valence-electron chi connectivity index (χ3n) is 3.13. The normalized spacial score (nSPS) is 11.1. The van der Waals surface area contributed by atoms with Crippen molar-refractivity contribution in [2.75, 3.05) is 0 Å². The summed E-state index contributed by atoms with van der Waals surface area (Å²) in [7, 11) is 0. The van der Waals surface area contributed by atoms with Crippen molar-refractivity contribution in [3.05, 3.63) is 56.5 Å². The SMILES string of the molecule is O=Cc1c(Br)c2ccc(Cl)cc2c2cc(Cl)ccc12. The summed E-state index contributed by atoms with van der Waals surface area (Å²) in [6.07, 6.45) is 0.856. The van der Waals surface area contributed by atoms with Crippen LogP contribution in [0.15, 0.2) is 40.9 Å². The van der Waals surface area contributed by atoms with Crippen LogP contribution in [0.1, 0.15) is 10.4 Å². The highest BCUT2D eigenvalue weighted by molar-refractivity contribution is 9.10. The average molecular weight is 354 g/mol. The first-order chi connectivity index (χ1) is 9.11. The molecule has 3 rings (SSSR count). The van der Waals surface area contributed by atoms with E-state index in [2.05, 4.69) is 15.9 Å². The van der Waals surface area contributed by atoms with E-state index in [1.165, 1.54) is 0 Å². The minimum Gasteiger partial charge on any atom is -0.298 e. The molecule has 3 aromatic rings. The molecule has 0 saturated carbocycles. The Bertz CT molecular complexity index is 827. The molecule has 0 aliphatic rings. The van der Waals surface area contributed by atoms with Gasteiger partial charge in [0.2, 0.25) is 0 Å². The van der Waals surface area contributed by atoms with Crippen molar-refractivity contribution in [2.24, 2.45) is 0 Å². The van der Waals surface area contributed by atoms with Gasteiger partial charge < -0.3 is 0 Å². The van der Waals surface area contributed by atoms with Gasteiger partial charge in [0.05, 0.1) is 0 Å². The summed E-state index contributed by atoms with van der Waals surface area (Å²) in [6, 6.07) is 11.1. The van der Waals surface area contributed by atoms with E-state index < -0.39 is 0 Å². The zero-order valence-corrected chi connectivity index (χ0v) is 12.7. The van der Waals surface area contributed by atoms with E-state index in [1.807, 2.05) is 24.3 Å². The van der Waals surface area contributed by atoms with Crippen molar-refractivity contribution >= 4 is 67.0 Å². The first-order valence-electron chi connectivity index (χ1n) is 5.57. The number of halogens is 3. The lowest BCUT2D eigenvalue weighted by Crippen LogP contribution is -1.89. The minimum absolute atomic E-state index is 0.626. The number of hydrogen-bond acceptors (Lipinski definition) is 1. The molecule has 0 saturated heterocycles. The lowest BCUT2D eigenvalue weighted by Gasteiger charge is -2.10. The monoisotopic (exact) mass is 352 g/mol. The van der Waals surface area contributed by atoms with Gasteiger partial charge >= 0.3 is 0 Å². The minimum atomic E-state index is 0.626. The van der Waals surface area contributed by atoms with Crippen LogP contribution in [0, 0.1) is 0 Å². The van der Waals surface area contributed by atoms with Gasteiger partial charge in [0.25, 0.3) is 0 Å². The number of carbonyl (C=O) groups excluding carboxylic acids is 1. The van der Waals surface area contributed by atoms with Gasteiger partial charge in [0, 0.05) is 20.1 Å². The molecule has 0 aromatic heterocycles. The molecular weight excluding hydrogens is 347 g/mol. The molecule has 4 heteroatoms. The molecule has 0 bridgehead atoms. The summed E-state index contributed by atoms with van der Waals surface area (Å²) in [5.74, 6) is 0. The number of benzene rings is 3. The van der Waals surface area contributed by atoms with E-state index in [1.54, 1.807) is 12.1 Å². The Balaban J connectivity index is 2.66.